The number of halogens is 2. The normalized spacial score (nSPS) is 18.4. The Kier molecular flexibility index (Phi) is 6.31. The molecule has 2 aliphatic heterocycles. The van der Waals surface area contributed by atoms with E-state index in [-0.39, 0.29) is 23.1 Å². The maximum absolute atomic E-state index is 15.0. The van der Waals surface area contributed by atoms with Gasteiger partial charge in [0.2, 0.25) is 5.95 Å². The minimum atomic E-state index is -0.625. The third-order valence-corrected chi connectivity index (χ3v) is 7.70. The topological polar surface area (TPSA) is 75.0 Å². The molecule has 0 unspecified atom stereocenters. The SMILES string of the molecule is CC(C)c1c2cc(-c3nc(Nc4ccc5c(n4)CCN([C@@H]4CCN(C)C4)C5)ncc3F)cc(F)c2nn1C. The van der Waals surface area contributed by atoms with E-state index in [1.165, 1.54) is 18.1 Å². The number of nitrogens with zero attached hydrogens (tertiary/aromatic N) is 7. The van der Waals surface area contributed by atoms with E-state index in [9.17, 15) is 4.39 Å². The number of aromatic nitrogens is 5. The van der Waals surface area contributed by atoms with Crippen LogP contribution in [0.2, 0.25) is 0 Å². The number of fused-ring (bicyclic) bond motifs is 2. The van der Waals surface area contributed by atoms with E-state index in [1.807, 2.05) is 19.9 Å². The molecule has 0 radical (unpaired) electrons. The lowest BCUT2D eigenvalue weighted by molar-refractivity contribution is 0.179. The van der Waals surface area contributed by atoms with Crippen molar-refractivity contribution < 1.29 is 8.78 Å². The average molecular weight is 519 g/mol. The van der Waals surface area contributed by atoms with Crippen LogP contribution in [0, 0.1) is 11.6 Å². The molecule has 1 fully saturated rings. The summed E-state index contributed by atoms with van der Waals surface area (Å²) in [5.41, 5.74) is 3.80. The maximum atomic E-state index is 15.0. The number of benzene rings is 1. The van der Waals surface area contributed by atoms with E-state index < -0.39 is 11.6 Å². The van der Waals surface area contributed by atoms with Gasteiger partial charge < -0.3 is 10.2 Å². The Morgan fingerprint density at radius 3 is 2.66 bits per heavy atom. The first-order valence-electron chi connectivity index (χ1n) is 13.1. The van der Waals surface area contributed by atoms with Gasteiger partial charge in [0.1, 0.15) is 17.0 Å². The third kappa shape index (κ3) is 4.52. The second-order valence-corrected chi connectivity index (χ2v) is 10.8. The molecular formula is C28H32F2N8. The summed E-state index contributed by atoms with van der Waals surface area (Å²) in [6.07, 6.45) is 3.19. The van der Waals surface area contributed by atoms with Crippen LogP contribution in [0.4, 0.5) is 20.5 Å². The largest absolute Gasteiger partial charge is 0.309 e. The molecule has 0 bridgehead atoms. The minimum absolute atomic E-state index is 0.0250. The van der Waals surface area contributed by atoms with Crippen molar-refractivity contribution in [3.63, 3.8) is 0 Å². The first-order chi connectivity index (χ1) is 18.3. The second-order valence-electron chi connectivity index (χ2n) is 10.8. The van der Waals surface area contributed by atoms with Gasteiger partial charge in [-0.2, -0.15) is 5.10 Å². The van der Waals surface area contributed by atoms with E-state index in [0.717, 1.165) is 50.2 Å². The average Bonchev–Trinajstić information content (AvgIpc) is 3.47. The first kappa shape index (κ1) is 24.8. The van der Waals surface area contributed by atoms with Crippen molar-refractivity contribution in [1.82, 2.24) is 34.5 Å². The molecule has 0 aliphatic carbocycles. The Morgan fingerprint density at radius 2 is 1.89 bits per heavy atom. The quantitative estimate of drug-likeness (QED) is 0.413. The highest BCUT2D eigenvalue weighted by molar-refractivity contribution is 5.87. The number of nitrogens with one attached hydrogen (secondary N) is 1. The van der Waals surface area contributed by atoms with Crippen LogP contribution in [0.1, 0.15) is 43.1 Å². The highest BCUT2D eigenvalue weighted by Gasteiger charge is 2.29. The smallest absolute Gasteiger partial charge is 0.229 e. The van der Waals surface area contributed by atoms with Gasteiger partial charge in [-0.15, -0.1) is 0 Å². The zero-order valence-electron chi connectivity index (χ0n) is 22.2. The summed E-state index contributed by atoms with van der Waals surface area (Å²) < 4.78 is 31.6. The predicted octanol–water partition coefficient (Wildman–Crippen LogP) is 4.63. The summed E-state index contributed by atoms with van der Waals surface area (Å²) in [5.74, 6) is -0.210. The van der Waals surface area contributed by atoms with Crippen LogP contribution in [0.15, 0.2) is 30.5 Å². The molecular weight excluding hydrogens is 486 g/mol. The van der Waals surface area contributed by atoms with Gasteiger partial charge in [0.05, 0.1) is 6.20 Å². The minimum Gasteiger partial charge on any atom is -0.309 e. The zero-order valence-corrected chi connectivity index (χ0v) is 22.2. The number of anilines is 2. The van der Waals surface area contributed by atoms with Crippen molar-refractivity contribution in [3.05, 3.63) is 59.0 Å². The fourth-order valence-electron chi connectivity index (χ4n) is 5.87. The van der Waals surface area contributed by atoms with Gasteiger partial charge in [0.15, 0.2) is 11.6 Å². The van der Waals surface area contributed by atoms with Crippen LogP contribution >= 0.6 is 0 Å². The Labute approximate surface area is 220 Å². The van der Waals surface area contributed by atoms with Gasteiger partial charge in [-0.05, 0) is 49.7 Å². The lowest BCUT2D eigenvalue weighted by Crippen LogP contribution is -2.40. The van der Waals surface area contributed by atoms with Crippen LogP contribution < -0.4 is 5.32 Å². The Hall–Kier alpha value is -3.50. The number of hydrogen-bond acceptors (Lipinski definition) is 7. The van der Waals surface area contributed by atoms with Crippen LogP contribution in [-0.4, -0.2) is 67.3 Å². The van der Waals surface area contributed by atoms with E-state index in [0.29, 0.717) is 22.8 Å². The van der Waals surface area contributed by atoms with Gasteiger partial charge in [0, 0.05) is 61.5 Å². The lowest BCUT2D eigenvalue weighted by atomic mass is 10.0. The standard InChI is InChI=1S/C28H32F2N8/c1-16(2)27-20-11-18(12-21(29)26(20)35-37(27)4)25-22(30)13-31-28(34-25)33-24-6-5-17-14-38(10-8-23(17)32-24)19-7-9-36(3)15-19/h5-6,11-13,16,19H,7-10,14-15H2,1-4H3,(H,31,32,33,34)/t19-/m1/s1. The molecule has 2 aliphatic rings. The van der Waals surface area contributed by atoms with Crippen molar-refractivity contribution in [2.24, 2.45) is 7.05 Å². The van der Waals surface area contributed by atoms with Crippen molar-refractivity contribution in [2.45, 2.75) is 45.2 Å². The summed E-state index contributed by atoms with van der Waals surface area (Å²) >= 11 is 0. The van der Waals surface area contributed by atoms with E-state index >= 15 is 4.39 Å². The molecule has 0 saturated carbocycles. The van der Waals surface area contributed by atoms with E-state index in [2.05, 4.69) is 43.3 Å². The molecule has 1 atom stereocenters. The van der Waals surface area contributed by atoms with Gasteiger partial charge >= 0.3 is 0 Å². The molecule has 198 valence electrons. The molecule has 1 N–H and O–H groups in total. The fourth-order valence-corrected chi connectivity index (χ4v) is 5.87. The zero-order chi connectivity index (χ0) is 26.6. The Morgan fingerprint density at radius 1 is 1.05 bits per heavy atom. The molecule has 6 rings (SSSR count). The molecule has 5 heterocycles. The molecule has 3 aromatic heterocycles. The summed E-state index contributed by atoms with van der Waals surface area (Å²) in [6.45, 7) is 8.19. The third-order valence-electron chi connectivity index (χ3n) is 7.70. The van der Waals surface area contributed by atoms with Crippen molar-refractivity contribution in [1.29, 1.82) is 0 Å². The molecule has 0 amide bonds. The maximum Gasteiger partial charge on any atom is 0.229 e. The number of aryl methyl sites for hydroxylation is 1. The molecule has 8 nitrogen and oxygen atoms in total. The molecule has 0 spiro atoms. The molecule has 10 heteroatoms. The van der Waals surface area contributed by atoms with E-state index in [1.54, 1.807) is 17.8 Å². The molecule has 1 saturated heterocycles. The number of likely N-dealkylation sites (tertiary alicyclic amines) is 1. The summed E-state index contributed by atoms with van der Waals surface area (Å²) in [4.78, 5) is 18.3. The Balaban J connectivity index is 1.26. The highest BCUT2D eigenvalue weighted by Crippen LogP contribution is 2.32. The highest BCUT2D eigenvalue weighted by atomic mass is 19.1. The van der Waals surface area contributed by atoms with Gasteiger partial charge in [-0.25, -0.2) is 23.7 Å². The lowest BCUT2D eigenvalue weighted by Gasteiger charge is -2.33. The number of pyridine rings is 1. The number of likely N-dealkylation sites (N-methyl/N-ethyl adjacent to an activating group) is 1. The van der Waals surface area contributed by atoms with Crippen LogP contribution in [0.5, 0.6) is 0 Å². The molecule has 4 aromatic rings. The van der Waals surface area contributed by atoms with E-state index in [4.69, 9.17) is 4.98 Å². The van der Waals surface area contributed by atoms with Crippen molar-refractivity contribution in [2.75, 3.05) is 32.0 Å². The van der Waals surface area contributed by atoms with Gasteiger partial charge in [-0.1, -0.05) is 19.9 Å². The van der Waals surface area contributed by atoms with Crippen molar-refractivity contribution >= 4 is 22.7 Å². The van der Waals surface area contributed by atoms with Gasteiger partial charge in [0.25, 0.3) is 0 Å². The van der Waals surface area contributed by atoms with Gasteiger partial charge in [-0.3, -0.25) is 9.58 Å². The van der Waals surface area contributed by atoms with Crippen LogP contribution in [0.3, 0.4) is 0 Å². The fraction of sp³-hybridized carbons (Fsp3) is 0.429. The Bertz CT molecular complexity index is 1510. The number of rotatable bonds is 5. The number of hydrogen-bond donors (Lipinski definition) is 1. The monoisotopic (exact) mass is 518 g/mol. The van der Waals surface area contributed by atoms with Crippen LogP contribution in [0.25, 0.3) is 22.2 Å². The summed E-state index contributed by atoms with van der Waals surface area (Å²) in [7, 11) is 3.97. The molecule has 1 aromatic carbocycles. The summed E-state index contributed by atoms with van der Waals surface area (Å²) in [6, 6.07) is 7.63. The second kappa shape index (κ2) is 9.67. The first-order valence-corrected chi connectivity index (χ1v) is 13.1. The summed E-state index contributed by atoms with van der Waals surface area (Å²) in [5, 5.41) is 8.09. The van der Waals surface area contributed by atoms with Crippen molar-refractivity contribution in [3.8, 4) is 11.3 Å². The predicted molar refractivity (Wildman–Crippen MR) is 143 cm³/mol. The van der Waals surface area contributed by atoms with Crippen LogP contribution in [-0.2, 0) is 20.0 Å². The molecule has 38 heavy (non-hydrogen) atoms.